The zero-order valence-corrected chi connectivity index (χ0v) is 19.6. The first-order chi connectivity index (χ1) is 10.1. The fourth-order valence-corrected chi connectivity index (χ4v) is 4.54. The molecule has 1 nitrogen and oxygen atoms in total. The van der Waals surface area contributed by atoms with Crippen molar-refractivity contribution in [2.24, 2.45) is 0 Å². The van der Waals surface area contributed by atoms with Crippen LogP contribution in [0.15, 0.2) is 0 Å². The molecule has 0 saturated carbocycles. The average molecular weight is 414 g/mol. The van der Waals surface area contributed by atoms with Crippen molar-refractivity contribution >= 4 is 24.2 Å². The van der Waals surface area contributed by atoms with Crippen LogP contribution in [0, 0.1) is 0 Å². The van der Waals surface area contributed by atoms with Crippen molar-refractivity contribution in [3.63, 3.8) is 0 Å². The van der Waals surface area contributed by atoms with Crippen molar-refractivity contribution in [3.8, 4) is 0 Å². The maximum atomic E-state index is 2.55. The van der Waals surface area contributed by atoms with Gasteiger partial charge in [-0.3, -0.25) is 0 Å². The predicted molar refractivity (Wildman–Crippen MR) is 121 cm³/mol. The van der Waals surface area contributed by atoms with Crippen molar-refractivity contribution in [2.45, 2.75) is 104 Å². The van der Waals surface area contributed by atoms with Gasteiger partial charge in [0, 0.05) is 0 Å². The van der Waals surface area contributed by atoms with Crippen LogP contribution < -0.4 is 6.15 Å². The second-order valence-electron chi connectivity index (χ2n) is 7.86. The molecule has 0 aliphatic heterocycles. The van der Waals surface area contributed by atoms with Crippen LogP contribution in [0.2, 0.25) is 0 Å². The first-order valence-corrected chi connectivity index (χ1v) is 13.5. The Morgan fingerprint density at radius 3 is 1.13 bits per heavy atom. The number of hydrogen-bond donors (Lipinski definition) is 1. The summed E-state index contributed by atoms with van der Waals surface area (Å²) in [6.45, 7) is 9.78. The van der Waals surface area contributed by atoms with Gasteiger partial charge in [-0.05, 0) is 0 Å². The van der Waals surface area contributed by atoms with E-state index in [4.69, 9.17) is 0 Å². The Morgan fingerprint density at radius 2 is 0.826 bits per heavy atom. The summed E-state index contributed by atoms with van der Waals surface area (Å²) in [7, 11) is -0.780. The third-order valence-electron chi connectivity index (χ3n) is 5.16. The molecule has 23 heavy (non-hydrogen) atoms. The van der Waals surface area contributed by atoms with E-state index >= 15 is 0 Å². The van der Waals surface area contributed by atoms with Gasteiger partial charge in [-0.25, -0.2) is 0 Å². The minimum Gasteiger partial charge on any atom is -0.344 e. The summed E-state index contributed by atoms with van der Waals surface area (Å²) in [6.07, 6.45) is 23.7. The minimum absolute atomic E-state index is 0. The summed E-state index contributed by atoms with van der Waals surface area (Å²) < 4.78 is 0. The van der Waals surface area contributed by atoms with E-state index in [1.165, 1.54) is 96.1 Å². The molecule has 3 heteroatoms. The third kappa shape index (κ3) is 22.9. The van der Waals surface area contributed by atoms with Crippen molar-refractivity contribution < 1.29 is 0 Å². The smallest absolute Gasteiger partial charge is 0.344 e. The van der Waals surface area contributed by atoms with Gasteiger partial charge in [0.15, 0.2) is 0 Å². The number of rotatable bonds is 16. The van der Waals surface area contributed by atoms with Crippen LogP contribution in [0.1, 0.15) is 104 Å². The molecule has 0 radical (unpaired) electrons. The van der Waals surface area contributed by atoms with Crippen LogP contribution in [0.3, 0.4) is 0 Å². The molecular formula is C20H49BrNP. The molecule has 0 amide bonds. The van der Waals surface area contributed by atoms with Gasteiger partial charge in [-0.15, -0.1) is 17.0 Å². The molecule has 0 aromatic carbocycles. The van der Waals surface area contributed by atoms with Crippen LogP contribution in [0.25, 0.3) is 0 Å². The molecule has 0 aromatic heterocycles. The zero-order valence-electron chi connectivity index (χ0n) is 16.9. The second-order valence-corrected chi connectivity index (χ2v) is 13.4. The molecule has 0 bridgehead atoms. The monoisotopic (exact) mass is 413 g/mol. The van der Waals surface area contributed by atoms with Gasteiger partial charge in [-0.1, -0.05) is 26.2 Å². The quantitative estimate of drug-likeness (QED) is 0.200. The first kappa shape index (κ1) is 28.7. The summed E-state index contributed by atoms with van der Waals surface area (Å²) in [5.74, 6) is 0. The van der Waals surface area contributed by atoms with E-state index < -0.39 is 7.26 Å². The van der Waals surface area contributed by atoms with Gasteiger partial charge >= 0.3 is 110 Å². The van der Waals surface area contributed by atoms with Crippen molar-refractivity contribution in [1.29, 1.82) is 0 Å². The fourth-order valence-electron chi connectivity index (χ4n) is 2.97. The summed E-state index contributed by atoms with van der Waals surface area (Å²) >= 11 is 0. The Morgan fingerprint density at radius 1 is 0.522 bits per heavy atom. The van der Waals surface area contributed by atoms with E-state index in [1.54, 1.807) is 6.16 Å². The molecule has 0 heterocycles. The molecule has 0 atom stereocenters. The van der Waals surface area contributed by atoms with Crippen LogP contribution in [-0.2, 0) is 0 Å². The summed E-state index contributed by atoms with van der Waals surface area (Å²) in [6, 6.07) is 0. The Labute approximate surface area is 159 Å². The van der Waals surface area contributed by atoms with E-state index in [1.807, 2.05) is 0 Å². The van der Waals surface area contributed by atoms with Gasteiger partial charge in [0.25, 0.3) is 0 Å². The SMILES string of the molecule is Br.CCCCCCCCCCCCCCCC[PH](C)(C)CC.N. The fraction of sp³-hybridized carbons (Fsp3) is 1.00. The molecule has 0 saturated heterocycles. The molecule has 3 N–H and O–H groups in total. The topological polar surface area (TPSA) is 35.0 Å². The van der Waals surface area contributed by atoms with Crippen molar-refractivity contribution in [1.82, 2.24) is 6.15 Å². The largest absolute Gasteiger partial charge is 0.344 e. The number of hydrogen-bond acceptors (Lipinski definition) is 1. The normalized spacial score (nSPS) is 11.7. The maximum absolute atomic E-state index is 2.55. The van der Waals surface area contributed by atoms with E-state index in [-0.39, 0.29) is 23.1 Å². The van der Waals surface area contributed by atoms with Gasteiger partial charge in [-0.2, -0.15) is 0 Å². The van der Waals surface area contributed by atoms with E-state index in [0.717, 1.165) is 0 Å². The summed E-state index contributed by atoms with van der Waals surface area (Å²) in [5.41, 5.74) is 0. The molecular weight excluding hydrogens is 365 g/mol. The Bertz CT molecular complexity index is 210. The zero-order chi connectivity index (χ0) is 15.8. The molecule has 0 rings (SSSR count). The Hall–Kier alpha value is 0.870. The van der Waals surface area contributed by atoms with Gasteiger partial charge in [0.1, 0.15) is 0 Å². The second kappa shape index (κ2) is 20.9. The Balaban J connectivity index is -0.00000200. The van der Waals surface area contributed by atoms with Crippen molar-refractivity contribution in [2.75, 3.05) is 25.7 Å². The van der Waals surface area contributed by atoms with Crippen LogP contribution in [0.5, 0.6) is 0 Å². The molecule has 0 unspecified atom stereocenters. The summed E-state index contributed by atoms with van der Waals surface area (Å²) in [4.78, 5) is 0. The molecule has 0 fully saturated rings. The van der Waals surface area contributed by atoms with Gasteiger partial charge in [0.2, 0.25) is 0 Å². The van der Waals surface area contributed by atoms with E-state index in [9.17, 15) is 0 Å². The minimum atomic E-state index is -0.780. The standard InChI is InChI=1S/C20H45P.BrH.H3N/c1-5-7-8-9-10-11-12-13-14-15-16-17-18-19-20-21(3,4)6-2;;/h21H,5-20H2,1-4H3;1H;1H3. The summed E-state index contributed by atoms with van der Waals surface area (Å²) in [5, 5.41) is 0. The molecule has 0 aromatic rings. The first-order valence-electron chi connectivity index (χ1n) is 10.1. The van der Waals surface area contributed by atoms with Gasteiger partial charge < -0.3 is 6.15 Å². The number of unbranched alkanes of at least 4 members (excludes halogenated alkanes) is 13. The third-order valence-corrected chi connectivity index (χ3v) is 8.79. The van der Waals surface area contributed by atoms with Crippen LogP contribution in [0.4, 0.5) is 0 Å². The van der Waals surface area contributed by atoms with E-state index in [2.05, 4.69) is 27.2 Å². The number of halogens is 1. The molecule has 0 aliphatic carbocycles. The van der Waals surface area contributed by atoms with Crippen LogP contribution >= 0.6 is 24.2 Å². The van der Waals surface area contributed by atoms with E-state index in [0.29, 0.717) is 0 Å². The van der Waals surface area contributed by atoms with Gasteiger partial charge in [0.05, 0.1) is 0 Å². The average Bonchev–Trinajstić information content (AvgIpc) is 2.47. The maximum Gasteiger partial charge on any atom is -0.344 e. The van der Waals surface area contributed by atoms with Crippen LogP contribution in [-0.4, -0.2) is 25.7 Å². The Kier molecular flexibility index (Phi) is 26.1. The predicted octanol–water partition coefficient (Wildman–Crippen LogP) is 8.24. The molecule has 146 valence electrons. The molecule has 0 spiro atoms. The van der Waals surface area contributed by atoms with Crippen molar-refractivity contribution in [3.05, 3.63) is 0 Å². The molecule has 0 aliphatic rings.